The molecule has 0 bridgehead atoms. The van der Waals surface area contributed by atoms with Crippen molar-refractivity contribution in [3.63, 3.8) is 0 Å². The quantitative estimate of drug-likeness (QED) is 0.0919. The molecule has 6 atom stereocenters. The number of fused-ring (bicyclic) bond motifs is 1. The van der Waals surface area contributed by atoms with E-state index in [2.05, 4.69) is 106 Å². The summed E-state index contributed by atoms with van der Waals surface area (Å²) in [4.78, 5) is 13.9. The lowest BCUT2D eigenvalue weighted by atomic mass is 9.71. The Bertz CT molecular complexity index is 1180. The van der Waals surface area contributed by atoms with Crippen LogP contribution in [0.5, 0.6) is 0 Å². The first-order valence-corrected chi connectivity index (χ1v) is 23.3. The Morgan fingerprint density at radius 3 is 2.16 bits per heavy atom. The summed E-state index contributed by atoms with van der Waals surface area (Å²) in [5, 5.41) is 0. The van der Waals surface area contributed by atoms with Crippen molar-refractivity contribution in [3.05, 3.63) is 58.7 Å². The van der Waals surface area contributed by atoms with Crippen molar-refractivity contribution in [3.8, 4) is 0 Å². The van der Waals surface area contributed by atoms with E-state index in [1.807, 2.05) is 13.8 Å². The molecule has 6 heteroatoms. The molecule has 0 aromatic heterocycles. The fourth-order valence-corrected chi connectivity index (χ4v) is 10.2. The monoisotopic (exact) mass is 654 g/mol. The van der Waals surface area contributed by atoms with Crippen molar-refractivity contribution in [1.82, 2.24) is 0 Å². The number of hydrogen-bond acceptors (Lipinski definition) is 4. The van der Waals surface area contributed by atoms with E-state index >= 15 is 0 Å². The molecule has 45 heavy (non-hydrogen) atoms. The molecular weight excluding hydrogens is 589 g/mol. The largest absolute Gasteiger partial charge is 0.451 e. The molecule has 0 radical (unpaired) electrons. The Morgan fingerprint density at radius 2 is 1.62 bits per heavy atom. The van der Waals surface area contributed by atoms with Crippen LogP contribution in [0.2, 0.25) is 26.2 Å². The summed E-state index contributed by atoms with van der Waals surface area (Å²) in [6.07, 6.45) is 11.2. The van der Waals surface area contributed by atoms with Crippen LogP contribution >= 0.6 is 0 Å². The zero-order valence-corrected chi connectivity index (χ0v) is 33.5. The highest BCUT2D eigenvalue weighted by molar-refractivity contribution is 6.48. The number of carbonyl (C=O) groups excluding carboxylic acids is 1. The first-order chi connectivity index (χ1) is 20.8. The molecule has 3 rings (SSSR count). The maximum Gasteiger partial charge on any atom is 0.339 e. The molecule has 1 unspecified atom stereocenters. The van der Waals surface area contributed by atoms with E-state index in [9.17, 15) is 4.79 Å². The highest BCUT2D eigenvalue weighted by Crippen LogP contribution is 2.62. The molecular formula is C39H66O4Si2. The van der Waals surface area contributed by atoms with Gasteiger partial charge in [-0.1, -0.05) is 90.8 Å². The Kier molecular flexibility index (Phi) is 12.8. The third-order valence-electron chi connectivity index (χ3n) is 10.4. The summed E-state index contributed by atoms with van der Waals surface area (Å²) in [6, 6.07) is 4.14. The van der Waals surface area contributed by atoms with Crippen molar-refractivity contribution in [2.75, 3.05) is 6.61 Å². The molecule has 1 aromatic rings. The number of aryl methyl sites for hydroxylation is 3. The number of unbranched alkanes of at least 4 members (excludes halogenated alkanes) is 2. The molecule has 2 aliphatic carbocycles. The Morgan fingerprint density at radius 1 is 1.00 bits per heavy atom. The zero-order chi connectivity index (χ0) is 33.9. The normalized spacial score (nSPS) is 26.3. The summed E-state index contributed by atoms with van der Waals surface area (Å²) < 4.78 is 19.6. The van der Waals surface area contributed by atoms with Crippen LogP contribution in [-0.4, -0.2) is 42.4 Å². The maximum atomic E-state index is 13.9. The fraction of sp³-hybridized carbons (Fsp3) is 0.718. The van der Waals surface area contributed by atoms with E-state index in [1.54, 1.807) is 0 Å². The summed E-state index contributed by atoms with van der Waals surface area (Å²) in [5.74, 6) is 1.26. The van der Waals surface area contributed by atoms with Gasteiger partial charge in [-0.3, -0.25) is 0 Å². The van der Waals surface area contributed by atoms with Crippen LogP contribution in [0.4, 0.5) is 0 Å². The Hall–Kier alpha value is -1.48. The molecule has 2 fully saturated rings. The molecule has 1 aromatic carbocycles. The van der Waals surface area contributed by atoms with Crippen LogP contribution in [0.1, 0.15) is 107 Å². The Labute approximate surface area is 280 Å². The number of hydrogen-bond donors (Lipinski definition) is 0. The highest BCUT2D eigenvalue weighted by Gasteiger charge is 2.65. The topological polar surface area (TPSA) is 44.8 Å². The number of ether oxygens (including phenoxy) is 1. The van der Waals surface area contributed by atoms with E-state index in [1.165, 1.54) is 19.3 Å². The van der Waals surface area contributed by atoms with Crippen LogP contribution in [0.25, 0.3) is 0 Å². The SMILES string of the molecule is C=C1C[C@H]2[C@@H](C=C[C@H](CCCCCO[SiH](C)C)C(C)(C)C)[C@H](C(C)(C)C)C[C@@]2(O[SiH](C)C)C1OC(=O)c1c(C)cc(C)cc1C. The summed E-state index contributed by atoms with van der Waals surface area (Å²) >= 11 is 0. The minimum atomic E-state index is -1.49. The lowest BCUT2D eigenvalue weighted by Gasteiger charge is -2.38. The van der Waals surface area contributed by atoms with E-state index in [0.717, 1.165) is 48.1 Å². The van der Waals surface area contributed by atoms with Gasteiger partial charge in [-0.25, -0.2) is 4.79 Å². The van der Waals surface area contributed by atoms with Crippen molar-refractivity contribution < 1.29 is 18.4 Å². The summed E-state index contributed by atoms with van der Waals surface area (Å²) in [6.45, 7) is 34.8. The smallest absolute Gasteiger partial charge is 0.339 e. The van der Waals surface area contributed by atoms with Crippen molar-refractivity contribution >= 4 is 24.0 Å². The molecule has 0 N–H and O–H groups in total. The van der Waals surface area contributed by atoms with Crippen LogP contribution < -0.4 is 0 Å². The van der Waals surface area contributed by atoms with Crippen LogP contribution in [0.15, 0.2) is 36.4 Å². The van der Waals surface area contributed by atoms with E-state index in [4.69, 9.17) is 13.6 Å². The number of rotatable bonds is 13. The van der Waals surface area contributed by atoms with Gasteiger partial charge in [0, 0.05) is 12.5 Å². The minimum Gasteiger partial charge on any atom is -0.451 e. The van der Waals surface area contributed by atoms with Crippen molar-refractivity contribution in [2.45, 2.75) is 139 Å². The molecule has 0 amide bonds. The van der Waals surface area contributed by atoms with Crippen LogP contribution in [0.3, 0.4) is 0 Å². The zero-order valence-electron chi connectivity index (χ0n) is 31.1. The van der Waals surface area contributed by atoms with Gasteiger partial charge in [0.15, 0.2) is 24.2 Å². The van der Waals surface area contributed by atoms with E-state index in [0.29, 0.717) is 23.3 Å². The van der Waals surface area contributed by atoms with Crippen LogP contribution in [0, 0.1) is 55.3 Å². The number of benzene rings is 1. The molecule has 0 saturated heterocycles. The summed E-state index contributed by atoms with van der Waals surface area (Å²) in [5.41, 5.74) is 4.53. The van der Waals surface area contributed by atoms with Gasteiger partial charge in [0.05, 0.1) is 5.56 Å². The molecule has 2 aliphatic rings. The molecule has 254 valence electrons. The average molecular weight is 655 g/mol. The van der Waals surface area contributed by atoms with Crippen molar-refractivity contribution in [2.24, 2.45) is 34.5 Å². The number of esters is 1. The highest BCUT2D eigenvalue weighted by atomic mass is 28.3. The van der Waals surface area contributed by atoms with Crippen LogP contribution in [-0.2, 0) is 13.6 Å². The standard InChI is InChI=1S/C39H66O4Si2/c1-26-22-27(2)34(28(3)23-26)36(40)42-35-29(4)24-32-31(33(38(8,9)10)25-39(32,35)43-45(13)14)20-19-30(37(5,6)7)18-16-15-17-21-41-44(11)12/h19-20,22-23,30-33,35,44-45H,4,15-18,21,24-25H2,1-3,5-14H3/t30-,31+,32-,33+,35?,39-/m0/s1. The third kappa shape index (κ3) is 9.33. The molecule has 4 nitrogen and oxygen atoms in total. The predicted octanol–water partition coefficient (Wildman–Crippen LogP) is 9.91. The maximum absolute atomic E-state index is 13.9. The van der Waals surface area contributed by atoms with Gasteiger partial charge in [-0.05, 0) is 118 Å². The molecule has 2 saturated carbocycles. The first-order valence-electron chi connectivity index (χ1n) is 17.7. The van der Waals surface area contributed by atoms with Gasteiger partial charge in [0.25, 0.3) is 0 Å². The summed E-state index contributed by atoms with van der Waals surface area (Å²) in [7, 11) is -2.42. The van der Waals surface area contributed by atoms with Gasteiger partial charge in [0.1, 0.15) is 5.60 Å². The molecule has 0 aliphatic heterocycles. The van der Waals surface area contributed by atoms with Gasteiger partial charge < -0.3 is 13.6 Å². The first kappa shape index (κ1) is 38.0. The van der Waals surface area contributed by atoms with Gasteiger partial charge >= 0.3 is 5.97 Å². The van der Waals surface area contributed by atoms with Gasteiger partial charge in [0.2, 0.25) is 0 Å². The molecule has 0 heterocycles. The second-order valence-corrected chi connectivity index (χ2v) is 21.8. The predicted molar refractivity (Wildman–Crippen MR) is 196 cm³/mol. The Balaban J connectivity index is 1.93. The van der Waals surface area contributed by atoms with Gasteiger partial charge in [-0.2, -0.15) is 0 Å². The lowest BCUT2D eigenvalue weighted by Crippen LogP contribution is -2.48. The second-order valence-electron chi connectivity index (χ2n) is 17.0. The average Bonchev–Trinajstić information content (AvgIpc) is 3.30. The second kappa shape index (κ2) is 15.2. The third-order valence-corrected chi connectivity index (χ3v) is 12.2. The minimum absolute atomic E-state index is 0.0885. The fourth-order valence-electron chi connectivity index (χ4n) is 8.26. The van der Waals surface area contributed by atoms with E-state index in [-0.39, 0.29) is 22.7 Å². The van der Waals surface area contributed by atoms with Crippen molar-refractivity contribution in [1.29, 1.82) is 0 Å². The van der Waals surface area contributed by atoms with E-state index < -0.39 is 29.8 Å². The van der Waals surface area contributed by atoms with Gasteiger partial charge in [-0.15, -0.1) is 0 Å². The number of allylic oxidation sites excluding steroid dienone is 2. The number of carbonyl (C=O) groups is 1. The lowest BCUT2D eigenvalue weighted by molar-refractivity contribution is -0.0589. The molecule has 0 spiro atoms.